The van der Waals surface area contributed by atoms with Crippen LogP contribution in [0.25, 0.3) is 0 Å². The minimum absolute atomic E-state index is 0.203. The Balaban J connectivity index is 2.94. The standard InChI is InChI=1S/C14H15FN2O3/c1-9(13(19)16-2)17-14(20)11-8-10(4-3-7-18)5-6-12(11)15/h5-6,8-9,18H,7H2,1-2H3,(H,16,19)(H,17,20). The summed E-state index contributed by atoms with van der Waals surface area (Å²) in [6, 6.07) is 3.00. The van der Waals surface area contributed by atoms with Crippen molar-refractivity contribution in [2.75, 3.05) is 13.7 Å². The van der Waals surface area contributed by atoms with Gasteiger partial charge in [0.15, 0.2) is 0 Å². The number of aliphatic hydroxyl groups is 1. The maximum absolute atomic E-state index is 13.6. The Bertz CT molecular complexity index is 576. The molecule has 0 aliphatic heterocycles. The molecule has 1 unspecified atom stereocenters. The number of rotatable bonds is 3. The summed E-state index contributed by atoms with van der Waals surface area (Å²) in [6.07, 6.45) is 0. The first-order valence-electron chi connectivity index (χ1n) is 5.91. The molecular formula is C14H15FN2O3. The topological polar surface area (TPSA) is 78.4 Å². The van der Waals surface area contributed by atoms with E-state index in [1.165, 1.54) is 26.1 Å². The molecule has 0 fully saturated rings. The first-order valence-corrected chi connectivity index (χ1v) is 5.91. The lowest BCUT2D eigenvalue weighted by molar-refractivity contribution is -0.122. The highest BCUT2D eigenvalue weighted by atomic mass is 19.1. The van der Waals surface area contributed by atoms with Crippen LogP contribution in [0.4, 0.5) is 4.39 Å². The van der Waals surface area contributed by atoms with Crippen LogP contribution in [0.1, 0.15) is 22.8 Å². The molecule has 0 spiro atoms. The summed E-state index contributed by atoms with van der Waals surface area (Å²) in [5.41, 5.74) is 0.198. The molecule has 3 N–H and O–H groups in total. The van der Waals surface area contributed by atoms with Crippen LogP contribution in [0.15, 0.2) is 18.2 Å². The van der Waals surface area contributed by atoms with Crippen molar-refractivity contribution >= 4 is 11.8 Å². The van der Waals surface area contributed by atoms with E-state index in [1.54, 1.807) is 0 Å². The van der Waals surface area contributed by atoms with Gasteiger partial charge in [0.1, 0.15) is 18.5 Å². The van der Waals surface area contributed by atoms with Gasteiger partial charge in [-0.3, -0.25) is 9.59 Å². The molecule has 1 aromatic rings. The zero-order valence-corrected chi connectivity index (χ0v) is 11.2. The van der Waals surface area contributed by atoms with Gasteiger partial charge in [-0.25, -0.2) is 4.39 Å². The highest BCUT2D eigenvalue weighted by Gasteiger charge is 2.18. The Morgan fingerprint density at radius 3 is 2.75 bits per heavy atom. The van der Waals surface area contributed by atoms with Gasteiger partial charge in [0, 0.05) is 12.6 Å². The van der Waals surface area contributed by atoms with Gasteiger partial charge in [-0.2, -0.15) is 0 Å². The largest absolute Gasteiger partial charge is 0.384 e. The maximum Gasteiger partial charge on any atom is 0.254 e. The van der Waals surface area contributed by atoms with Crippen LogP contribution < -0.4 is 10.6 Å². The van der Waals surface area contributed by atoms with E-state index in [0.29, 0.717) is 5.56 Å². The molecule has 0 saturated heterocycles. The van der Waals surface area contributed by atoms with Crippen LogP contribution >= 0.6 is 0 Å². The van der Waals surface area contributed by atoms with E-state index >= 15 is 0 Å². The molecule has 1 aromatic carbocycles. The number of aliphatic hydroxyl groups excluding tert-OH is 1. The summed E-state index contributed by atoms with van der Waals surface area (Å²) in [5.74, 6) is 3.19. The normalized spacial score (nSPS) is 11.0. The predicted octanol–water partition coefficient (Wildman–Crippen LogP) is 0.0338. The fourth-order valence-electron chi connectivity index (χ4n) is 1.48. The van der Waals surface area contributed by atoms with Crippen molar-refractivity contribution < 1.29 is 19.1 Å². The van der Waals surface area contributed by atoms with E-state index < -0.39 is 17.8 Å². The van der Waals surface area contributed by atoms with Crippen molar-refractivity contribution in [3.8, 4) is 11.8 Å². The predicted molar refractivity (Wildman–Crippen MR) is 71.4 cm³/mol. The number of carbonyl (C=O) groups is 2. The van der Waals surface area contributed by atoms with Crippen LogP contribution in [0.2, 0.25) is 0 Å². The number of likely N-dealkylation sites (N-methyl/N-ethyl adjacent to an activating group) is 1. The summed E-state index contributed by atoms with van der Waals surface area (Å²) in [5, 5.41) is 13.4. The zero-order valence-electron chi connectivity index (χ0n) is 11.2. The fraction of sp³-hybridized carbons (Fsp3) is 0.286. The maximum atomic E-state index is 13.6. The van der Waals surface area contributed by atoms with Crippen molar-refractivity contribution in [1.29, 1.82) is 0 Å². The first-order chi connectivity index (χ1) is 9.49. The number of amides is 2. The van der Waals surface area contributed by atoms with Crippen LogP contribution in [0.3, 0.4) is 0 Å². The Labute approximate surface area is 116 Å². The molecule has 106 valence electrons. The smallest absolute Gasteiger partial charge is 0.254 e. The SMILES string of the molecule is CNC(=O)C(C)NC(=O)c1cc(C#CCO)ccc1F. The monoisotopic (exact) mass is 278 g/mol. The molecule has 0 bridgehead atoms. The molecule has 0 radical (unpaired) electrons. The Morgan fingerprint density at radius 1 is 1.45 bits per heavy atom. The summed E-state index contributed by atoms with van der Waals surface area (Å²) >= 11 is 0. The van der Waals surface area contributed by atoms with Gasteiger partial charge in [0.05, 0.1) is 5.56 Å². The number of hydrogen-bond donors (Lipinski definition) is 3. The van der Waals surface area contributed by atoms with Gasteiger partial charge in [-0.1, -0.05) is 11.8 Å². The van der Waals surface area contributed by atoms with Crippen molar-refractivity contribution in [1.82, 2.24) is 10.6 Å². The first kappa shape index (κ1) is 15.7. The molecule has 20 heavy (non-hydrogen) atoms. The van der Waals surface area contributed by atoms with E-state index in [9.17, 15) is 14.0 Å². The zero-order chi connectivity index (χ0) is 15.1. The van der Waals surface area contributed by atoms with Crippen LogP contribution in [0, 0.1) is 17.7 Å². The second kappa shape index (κ2) is 7.26. The average Bonchev–Trinajstić information content (AvgIpc) is 2.45. The minimum Gasteiger partial charge on any atom is -0.384 e. The highest BCUT2D eigenvalue weighted by Crippen LogP contribution is 2.10. The molecule has 1 rings (SSSR count). The molecular weight excluding hydrogens is 263 g/mol. The van der Waals surface area contributed by atoms with Gasteiger partial charge in [0.2, 0.25) is 5.91 Å². The highest BCUT2D eigenvalue weighted by molar-refractivity contribution is 5.97. The quantitative estimate of drug-likeness (QED) is 0.683. The Hall–Kier alpha value is -2.39. The van der Waals surface area contributed by atoms with E-state index in [1.807, 2.05) is 0 Å². The molecule has 1 atom stereocenters. The van der Waals surface area contributed by atoms with Gasteiger partial charge in [-0.15, -0.1) is 0 Å². The fourth-order valence-corrected chi connectivity index (χ4v) is 1.48. The van der Waals surface area contributed by atoms with Crippen molar-refractivity contribution in [2.24, 2.45) is 0 Å². The van der Waals surface area contributed by atoms with Crippen LogP contribution in [-0.2, 0) is 4.79 Å². The number of nitrogens with one attached hydrogen (secondary N) is 2. The van der Waals surface area contributed by atoms with Crippen molar-refractivity contribution in [2.45, 2.75) is 13.0 Å². The minimum atomic E-state index is -0.779. The van der Waals surface area contributed by atoms with Crippen molar-refractivity contribution in [3.63, 3.8) is 0 Å². The number of hydrogen-bond acceptors (Lipinski definition) is 3. The summed E-state index contributed by atoms with van der Waals surface area (Å²) < 4.78 is 13.6. The van der Waals surface area contributed by atoms with Crippen LogP contribution in [0.5, 0.6) is 0 Å². The summed E-state index contributed by atoms with van der Waals surface area (Å²) in [6.45, 7) is 1.16. The Kier molecular flexibility index (Phi) is 5.69. The molecule has 0 saturated carbocycles. The van der Waals surface area contributed by atoms with E-state index in [-0.39, 0.29) is 18.1 Å². The van der Waals surface area contributed by atoms with Crippen molar-refractivity contribution in [3.05, 3.63) is 35.1 Å². The molecule has 0 aliphatic carbocycles. The second-order valence-electron chi connectivity index (χ2n) is 3.96. The number of carbonyl (C=O) groups excluding carboxylic acids is 2. The molecule has 0 heterocycles. The van der Waals surface area contributed by atoms with Crippen LogP contribution in [-0.4, -0.2) is 36.6 Å². The molecule has 2 amide bonds. The third-order valence-corrected chi connectivity index (χ3v) is 2.51. The van der Waals surface area contributed by atoms with Gasteiger partial charge in [-0.05, 0) is 25.1 Å². The lowest BCUT2D eigenvalue weighted by atomic mass is 10.1. The summed E-state index contributed by atoms with van der Waals surface area (Å²) in [4.78, 5) is 23.2. The van der Waals surface area contributed by atoms with E-state index in [4.69, 9.17) is 5.11 Å². The Morgan fingerprint density at radius 2 is 2.15 bits per heavy atom. The molecule has 6 heteroatoms. The average molecular weight is 278 g/mol. The number of halogens is 1. The van der Waals surface area contributed by atoms with E-state index in [2.05, 4.69) is 22.5 Å². The lowest BCUT2D eigenvalue weighted by Crippen LogP contribution is -2.43. The molecule has 5 nitrogen and oxygen atoms in total. The second-order valence-corrected chi connectivity index (χ2v) is 3.96. The third kappa shape index (κ3) is 4.07. The third-order valence-electron chi connectivity index (χ3n) is 2.51. The summed E-state index contributed by atoms with van der Waals surface area (Å²) in [7, 11) is 1.44. The van der Waals surface area contributed by atoms with Gasteiger partial charge in [0.25, 0.3) is 5.91 Å². The van der Waals surface area contributed by atoms with E-state index in [0.717, 1.165) is 6.07 Å². The van der Waals surface area contributed by atoms with Gasteiger partial charge < -0.3 is 15.7 Å². The molecule has 0 aromatic heterocycles. The lowest BCUT2D eigenvalue weighted by Gasteiger charge is -2.12. The van der Waals surface area contributed by atoms with Gasteiger partial charge >= 0.3 is 0 Å². The molecule has 0 aliphatic rings. The number of benzene rings is 1.